The predicted molar refractivity (Wildman–Crippen MR) is 72.3 cm³/mol. The van der Waals surface area contributed by atoms with Gasteiger partial charge in [-0.1, -0.05) is 0 Å². The number of furan rings is 1. The SMILES string of the molecule is Cc1oc(C(=O)NN)cc1CN1CCCSCC1. The molecule has 18 heavy (non-hydrogen) atoms. The van der Waals surface area contributed by atoms with Gasteiger partial charge in [-0.15, -0.1) is 0 Å². The van der Waals surface area contributed by atoms with E-state index in [9.17, 15) is 4.79 Å². The molecule has 6 heteroatoms. The van der Waals surface area contributed by atoms with Crippen molar-refractivity contribution in [1.82, 2.24) is 10.3 Å². The number of carbonyl (C=O) groups is 1. The van der Waals surface area contributed by atoms with Gasteiger partial charge in [0.25, 0.3) is 0 Å². The van der Waals surface area contributed by atoms with E-state index in [1.165, 1.54) is 17.9 Å². The van der Waals surface area contributed by atoms with E-state index in [4.69, 9.17) is 10.3 Å². The number of thioether (sulfide) groups is 1. The molecule has 0 bridgehead atoms. The lowest BCUT2D eigenvalue weighted by atomic mass is 10.2. The molecule has 3 N–H and O–H groups in total. The number of carbonyl (C=O) groups excluding carboxylic acids is 1. The van der Waals surface area contributed by atoms with Crippen molar-refractivity contribution in [3.05, 3.63) is 23.2 Å². The number of hydrogen-bond acceptors (Lipinski definition) is 5. The number of nitrogens with two attached hydrogens (primary N) is 1. The number of nitrogens with zero attached hydrogens (tertiary/aromatic N) is 1. The van der Waals surface area contributed by atoms with Crippen molar-refractivity contribution in [3.63, 3.8) is 0 Å². The Morgan fingerprint density at radius 1 is 1.56 bits per heavy atom. The van der Waals surface area contributed by atoms with Crippen molar-refractivity contribution in [1.29, 1.82) is 0 Å². The van der Waals surface area contributed by atoms with Crippen molar-refractivity contribution in [3.8, 4) is 0 Å². The van der Waals surface area contributed by atoms with Crippen LogP contribution in [-0.4, -0.2) is 35.4 Å². The van der Waals surface area contributed by atoms with Gasteiger partial charge >= 0.3 is 5.91 Å². The number of aryl methyl sites for hydroxylation is 1. The Morgan fingerprint density at radius 3 is 3.17 bits per heavy atom. The summed E-state index contributed by atoms with van der Waals surface area (Å²) in [4.78, 5) is 13.8. The summed E-state index contributed by atoms with van der Waals surface area (Å²) in [6.45, 7) is 4.92. The predicted octanol–water partition coefficient (Wildman–Crippen LogP) is 1.13. The van der Waals surface area contributed by atoms with Crippen molar-refractivity contribution in [2.75, 3.05) is 24.6 Å². The number of amides is 1. The summed E-state index contributed by atoms with van der Waals surface area (Å²) in [6, 6.07) is 1.79. The van der Waals surface area contributed by atoms with Crippen LogP contribution in [0, 0.1) is 6.92 Å². The highest BCUT2D eigenvalue weighted by Crippen LogP contribution is 2.18. The first-order chi connectivity index (χ1) is 8.70. The molecule has 100 valence electrons. The summed E-state index contributed by atoms with van der Waals surface area (Å²) >= 11 is 2.00. The zero-order chi connectivity index (χ0) is 13.0. The Balaban J connectivity index is 2.03. The zero-order valence-corrected chi connectivity index (χ0v) is 11.4. The summed E-state index contributed by atoms with van der Waals surface area (Å²) in [7, 11) is 0. The second kappa shape index (κ2) is 6.26. The Kier molecular flexibility index (Phi) is 4.68. The lowest BCUT2D eigenvalue weighted by Crippen LogP contribution is -2.29. The minimum absolute atomic E-state index is 0.286. The van der Waals surface area contributed by atoms with Gasteiger partial charge in [-0.25, -0.2) is 5.84 Å². The first kappa shape index (κ1) is 13.5. The van der Waals surface area contributed by atoms with Crippen molar-refractivity contribution < 1.29 is 9.21 Å². The Bertz CT molecular complexity index is 411. The molecule has 0 atom stereocenters. The summed E-state index contributed by atoms with van der Waals surface area (Å²) in [6.07, 6.45) is 1.22. The molecule has 1 saturated heterocycles. The third kappa shape index (κ3) is 3.28. The fourth-order valence-electron chi connectivity index (χ4n) is 2.06. The fourth-order valence-corrected chi connectivity index (χ4v) is 2.98. The molecule has 0 aliphatic carbocycles. The minimum atomic E-state index is -0.379. The van der Waals surface area contributed by atoms with E-state index in [1.807, 2.05) is 18.7 Å². The smallest absolute Gasteiger partial charge is 0.300 e. The van der Waals surface area contributed by atoms with Gasteiger partial charge in [0.15, 0.2) is 5.76 Å². The molecule has 0 saturated carbocycles. The van der Waals surface area contributed by atoms with E-state index < -0.39 is 0 Å². The van der Waals surface area contributed by atoms with Crippen LogP contribution in [0.2, 0.25) is 0 Å². The van der Waals surface area contributed by atoms with Crippen molar-refractivity contribution in [2.24, 2.45) is 5.84 Å². The molecule has 5 nitrogen and oxygen atoms in total. The molecule has 2 heterocycles. The van der Waals surface area contributed by atoms with Crippen LogP contribution in [0.25, 0.3) is 0 Å². The number of hydrazine groups is 1. The largest absolute Gasteiger partial charge is 0.456 e. The van der Waals surface area contributed by atoms with Crippen LogP contribution in [0.3, 0.4) is 0 Å². The van der Waals surface area contributed by atoms with Crippen molar-refractivity contribution in [2.45, 2.75) is 19.9 Å². The summed E-state index contributed by atoms with van der Waals surface area (Å²) in [5.41, 5.74) is 3.16. The van der Waals surface area contributed by atoms with Crippen LogP contribution >= 0.6 is 11.8 Å². The third-order valence-electron chi connectivity index (χ3n) is 3.08. The van der Waals surface area contributed by atoms with Crippen molar-refractivity contribution >= 4 is 17.7 Å². The van der Waals surface area contributed by atoms with Gasteiger partial charge in [-0.05, 0) is 31.7 Å². The van der Waals surface area contributed by atoms with Gasteiger partial charge in [-0.3, -0.25) is 15.1 Å². The maximum atomic E-state index is 11.4. The second-order valence-electron chi connectivity index (χ2n) is 4.41. The molecule has 0 unspecified atom stereocenters. The molecule has 1 aromatic rings. The van der Waals surface area contributed by atoms with Gasteiger partial charge in [0.2, 0.25) is 0 Å². The Labute approximate surface area is 111 Å². The number of hydrogen-bond donors (Lipinski definition) is 2. The van der Waals surface area contributed by atoms with Crippen LogP contribution in [0.15, 0.2) is 10.5 Å². The maximum absolute atomic E-state index is 11.4. The van der Waals surface area contributed by atoms with E-state index in [0.717, 1.165) is 31.0 Å². The quantitative estimate of drug-likeness (QED) is 0.489. The van der Waals surface area contributed by atoms with Gasteiger partial charge in [0.1, 0.15) is 5.76 Å². The standard InChI is InChI=1S/C12H19N3O2S/c1-9-10(7-11(17-9)12(16)14-13)8-15-3-2-5-18-6-4-15/h7H,2-6,8,13H2,1H3,(H,14,16). The maximum Gasteiger partial charge on any atom is 0.300 e. The lowest BCUT2D eigenvalue weighted by molar-refractivity contribution is 0.0924. The van der Waals surface area contributed by atoms with Gasteiger partial charge in [-0.2, -0.15) is 11.8 Å². The van der Waals surface area contributed by atoms with E-state index in [1.54, 1.807) is 6.07 Å². The second-order valence-corrected chi connectivity index (χ2v) is 5.63. The molecule has 0 aromatic carbocycles. The van der Waals surface area contributed by atoms with Gasteiger partial charge < -0.3 is 4.42 Å². The molecule has 0 radical (unpaired) electrons. The molecule has 1 aliphatic rings. The highest BCUT2D eigenvalue weighted by Gasteiger charge is 2.16. The average Bonchev–Trinajstić information content (AvgIpc) is 2.58. The summed E-state index contributed by atoms with van der Waals surface area (Å²) in [5.74, 6) is 8.21. The summed E-state index contributed by atoms with van der Waals surface area (Å²) in [5, 5.41) is 0. The topological polar surface area (TPSA) is 71.5 Å². The molecular formula is C12H19N3O2S. The van der Waals surface area contributed by atoms with Gasteiger partial charge in [0, 0.05) is 24.4 Å². The highest BCUT2D eigenvalue weighted by atomic mass is 32.2. The molecule has 1 aromatic heterocycles. The average molecular weight is 269 g/mol. The first-order valence-electron chi connectivity index (χ1n) is 6.11. The molecule has 1 fully saturated rings. The summed E-state index contributed by atoms with van der Waals surface area (Å²) < 4.78 is 5.42. The van der Waals surface area contributed by atoms with E-state index in [2.05, 4.69) is 10.3 Å². The molecular weight excluding hydrogens is 250 g/mol. The third-order valence-corrected chi connectivity index (χ3v) is 4.13. The van der Waals surface area contributed by atoms with Crippen LogP contribution < -0.4 is 11.3 Å². The molecule has 2 rings (SSSR count). The number of rotatable bonds is 3. The molecule has 1 aliphatic heterocycles. The zero-order valence-electron chi connectivity index (χ0n) is 10.6. The Morgan fingerprint density at radius 2 is 2.39 bits per heavy atom. The molecule has 1 amide bonds. The lowest BCUT2D eigenvalue weighted by Gasteiger charge is -2.18. The molecule has 0 spiro atoms. The van der Waals surface area contributed by atoms with Crippen LogP contribution in [-0.2, 0) is 6.54 Å². The minimum Gasteiger partial charge on any atom is -0.456 e. The van der Waals surface area contributed by atoms with Crippen LogP contribution in [0.5, 0.6) is 0 Å². The monoisotopic (exact) mass is 269 g/mol. The van der Waals surface area contributed by atoms with E-state index in [0.29, 0.717) is 0 Å². The van der Waals surface area contributed by atoms with Gasteiger partial charge in [0.05, 0.1) is 0 Å². The van der Waals surface area contributed by atoms with E-state index >= 15 is 0 Å². The fraction of sp³-hybridized carbons (Fsp3) is 0.583. The number of nitrogens with one attached hydrogen (secondary N) is 1. The Hall–Kier alpha value is -0.980. The highest BCUT2D eigenvalue weighted by molar-refractivity contribution is 7.99. The van der Waals surface area contributed by atoms with Crippen LogP contribution in [0.1, 0.15) is 28.3 Å². The van der Waals surface area contributed by atoms with E-state index in [-0.39, 0.29) is 11.7 Å². The van der Waals surface area contributed by atoms with Crippen LogP contribution in [0.4, 0.5) is 0 Å². The normalized spacial score (nSPS) is 17.4. The number of nitrogen functional groups attached to an aromatic ring is 1. The first-order valence-corrected chi connectivity index (χ1v) is 7.26.